The lowest BCUT2D eigenvalue weighted by Gasteiger charge is -2.15. The molecule has 0 fully saturated rings. The van der Waals surface area contributed by atoms with Crippen LogP contribution in [0.3, 0.4) is 0 Å². The lowest BCUT2D eigenvalue weighted by atomic mass is 10.2. The molecule has 1 aromatic carbocycles. The molecule has 0 aliphatic carbocycles. The van der Waals surface area contributed by atoms with Gasteiger partial charge in [0.2, 0.25) is 0 Å². The first-order valence-corrected chi connectivity index (χ1v) is 7.06. The van der Waals surface area contributed by atoms with E-state index in [-0.39, 0.29) is 18.3 Å². The summed E-state index contributed by atoms with van der Waals surface area (Å²) in [5.41, 5.74) is 0.799. The third-order valence-electron chi connectivity index (χ3n) is 2.64. The van der Waals surface area contributed by atoms with Crippen LogP contribution >= 0.6 is 0 Å². The lowest BCUT2D eigenvalue weighted by molar-refractivity contribution is 0.249. The Morgan fingerprint density at radius 1 is 1.19 bits per heavy atom. The molecule has 16 heavy (non-hydrogen) atoms. The molecular formula is C12H18O3S. The van der Waals surface area contributed by atoms with Crippen LogP contribution in [0.15, 0.2) is 30.3 Å². The minimum Gasteiger partial charge on any atom is -0.396 e. The largest absolute Gasteiger partial charge is 0.396 e. The standard InChI is InChI=1S/C12H18O3S/c1-10(8-13)9-16(14,15)11(2)12-6-4-3-5-7-12/h3-7,10-11,13H,8-9H2,1-2H3. The zero-order chi connectivity index (χ0) is 12.2. The molecule has 0 spiro atoms. The van der Waals surface area contributed by atoms with E-state index in [9.17, 15) is 8.42 Å². The Balaban J connectivity index is 2.85. The van der Waals surface area contributed by atoms with Crippen molar-refractivity contribution in [1.82, 2.24) is 0 Å². The molecule has 2 atom stereocenters. The Hall–Kier alpha value is -0.870. The van der Waals surface area contributed by atoms with Gasteiger partial charge in [0, 0.05) is 6.61 Å². The van der Waals surface area contributed by atoms with Crippen LogP contribution in [0.2, 0.25) is 0 Å². The number of rotatable bonds is 5. The number of aliphatic hydroxyl groups is 1. The molecule has 3 nitrogen and oxygen atoms in total. The molecule has 90 valence electrons. The van der Waals surface area contributed by atoms with Crippen molar-refractivity contribution >= 4 is 9.84 Å². The minimum atomic E-state index is -3.18. The van der Waals surface area contributed by atoms with Crippen molar-refractivity contribution in [3.8, 4) is 0 Å². The number of hydrogen-bond donors (Lipinski definition) is 1. The van der Waals surface area contributed by atoms with Crippen molar-refractivity contribution in [2.45, 2.75) is 19.1 Å². The second-order valence-corrected chi connectivity index (χ2v) is 6.54. The molecule has 1 aromatic rings. The van der Waals surface area contributed by atoms with Gasteiger partial charge in [0.25, 0.3) is 0 Å². The van der Waals surface area contributed by atoms with Gasteiger partial charge >= 0.3 is 0 Å². The van der Waals surface area contributed by atoms with Gasteiger partial charge in [0.05, 0.1) is 11.0 Å². The van der Waals surface area contributed by atoms with Crippen molar-refractivity contribution in [2.75, 3.05) is 12.4 Å². The SMILES string of the molecule is CC(CO)CS(=O)(=O)C(C)c1ccccc1. The van der Waals surface area contributed by atoms with E-state index in [0.29, 0.717) is 0 Å². The van der Waals surface area contributed by atoms with Crippen LogP contribution in [-0.2, 0) is 9.84 Å². The molecule has 0 aliphatic rings. The molecule has 0 aromatic heterocycles. The first-order valence-electron chi connectivity index (χ1n) is 5.34. The van der Waals surface area contributed by atoms with Gasteiger partial charge in [-0.2, -0.15) is 0 Å². The van der Waals surface area contributed by atoms with Gasteiger partial charge < -0.3 is 5.11 Å². The maximum absolute atomic E-state index is 12.0. The average Bonchev–Trinajstić information content (AvgIpc) is 2.28. The van der Waals surface area contributed by atoms with Crippen molar-refractivity contribution in [3.63, 3.8) is 0 Å². The first-order chi connectivity index (χ1) is 7.47. The van der Waals surface area contributed by atoms with E-state index in [0.717, 1.165) is 5.56 Å². The first kappa shape index (κ1) is 13.2. The Bertz CT molecular complexity index is 411. The highest BCUT2D eigenvalue weighted by molar-refractivity contribution is 7.91. The number of sulfone groups is 1. The fourth-order valence-electron chi connectivity index (χ4n) is 1.53. The summed E-state index contributed by atoms with van der Waals surface area (Å²) in [5.74, 6) is -0.185. The summed E-state index contributed by atoms with van der Waals surface area (Å²) in [5, 5.41) is 8.37. The van der Waals surface area contributed by atoms with Gasteiger partial charge in [-0.15, -0.1) is 0 Å². The Kier molecular flexibility index (Phi) is 4.50. The second kappa shape index (κ2) is 5.46. The lowest BCUT2D eigenvalue weighted by Crippen LogP contribution is -2.21. The van der Waals surface area contributed by atoms with Crippen molar-refractivity contribution in [1.29, 1.82) is 0 Å². The van der Waals surface area contributed by atoms with Crippen LogP contribution in [0.4, 0.5) is 0 Å². The van der Waals surface area contributed by atoms with Crippen molar-refractivity contribution < 1.29 is 13.5 Å². The van der Waals surface area contributed by atoms with E-state index in [1.807, 2.05) is 30.3 Å². The molecule has 1 N–H and O–H groups in total. The highest BCUT2D eigenvalue weighted by atomic mass is 32.2. The average molecular weight is 242 g/mol. The Morgan fingerprint density at radius 2 is 1.75 bits per heavy atom. The summed E-state index contributed by atoms with van der Waals surface area (Å²) in [6, 6.07) is 9.14. The predicted molar refractivity (Wildman–Crippen MR) is 64.9 cm³/mol. The zero-order valence-corrected chi connectivity index (χ0v) is 10.4. The molecule has 4 heteroatoms. The fourth-order valence-corrected chi connectivity index (χ4v) is 3.28. The molecule has 0 aliphatic heterocycles. The van der Waals surface area contributed by atoms with Crippen molar-refractivity contribution in [2.24, 2.45) is 5.92 Å². The van der Waals surface area contributed by atoms with Gasteiger partial charge in [-0.1, -0.05) is 37.3 Å². The Morgan fingerprint density at radius 3 is 2.25 bits per heavy atom. The summed E-state index contributed by atoms with van der Waals surface area (Å²) in [4.78, 5) is 0. The molecule has 0 amide bonds. The van der Waals surface area contributed by atoms with E-state index >= 15 is 0 Å². The number of hydrogen-bond acceptors (Lipinski definition) is 3. The molecule has 0 heterocycles. The smallest absolute Gasteiger partial charge is 0.157 e. The molecule has 0 bridgehead atoms. The number of benzene rings is 1. The maximum Gasteiger partial charge on any atom is 0.157 e. The van der Waals surface area contributed by atoms with Crippen LogP contribution in [0.1, 0.15) is 24.7 Å². The molecule has 0 saturated carbocycles. The monoisotopic (exact) mass is 242 g/mol. The van der Waals surface area contributed by atoms with E-state index in [1.165, 1.54) is 0 Å². The summed E-state index contributed by atoms with van der Waals surface area (Å²) >= 11 is 0. The van der Waals surface area contributed by atoms with Crippen LogP contribution in [0, 0.1) is 5.92 Å². The van der Waals surface area contributed by atoms with Crippen molar-refractivity contribution in [3.05, 3.63) is 35.9 Å². The highest BCUT2D eigenvalue weighted by Gasteiger charge is 2.24. The molecule has 0 radical (unpaired) electrons. The minimum absolute atomic E-state index is 0.0273. The fraction of sp³-hybridized carbons (Fsp3) is 0.500. The van der Waals surface area contributed by atoms with Gasteiger partial charge in [-0.3, -0.25) is 0 Å². The Labute approximate surface area is 97.0 Å². The topological polar surface area (TPSA) is 54.4 Å². The summed E-state index contributed by atoms with van der Waals surface area (Å²) < 4.78 is 24.0. The highest BCUT2D eigenvalue weighted by Crippen LogP contribution is 2.23. The molecule has 1 rings (SSSR count). The van der Waals surface area contributed by atoms with Gasteiger partial charge in [0.15, 0.2) is 9.84 Å². The number of aliphatic hydroxyl groups excluding tert-OH is 1. The molecular weight excluding hydrogens is 224 g/mol. The third-order valence-corrected chi connectivity index (χ3v) is 5.02. The van der Waals surface area contributed by atoms with Gasteiger partial charge in [-0.25, -0.2) is 8.42 Å². The predicted octanol–water partition coefficient (Wildman–Crippen LogP) is 1.79. The van der Waals surface area contributed by atoms with E-state index in [2.05, 4.69) is 0 Å². The van der Waals surface area contributed by atoms with Gasteiger partial charge in [0.1, 0.15) is 0 Å². The van der Waals surface area contributed by atoms with E-state index in [1.54, 1.807) is 13.8 Å². The van der Waals surface area contributed by atoms with Crippen LogP contribution in [-0.4, -0.2) is 25.9 Å². The van der Waals surface area contributed by atoms with Crippen LogP contribution in [0.25, 0.3) is 0 Å². The summed E-state index contributed by atoms with van der Waals surface area (Å²) in [7, 11) is -3.18. The maximum atomic E-state index is 12.0. The second-order valence-electron chi connectivity index (χ2n) is 4.17. The normalized spacial score (nSPS) is 15.7. The summed E-state index contributed by atoms with van der Waals surface area (Å²) in [6.45, 7) is 3.32. The van der Waals surface area contributed by atoms with E-state index in [4.69, 9.17) is 5.11 Å². The zero-order valence-electron chi connectivity index (χ0n) is 9.63. The van der Waals surface area contributed by atoms with E-state index < -0.39 is 15.1 Å². The molecule has 0 saturated heterocycles. The quantitative estimate of drug-likeness (QED) is 0.856. The van der Waals surface area contributed by atoms with Crippen LogP contribution < -0.4 is 0 Å². The van der Waals surface area contributed by atoms with Crippen LogP contribution in [0.5, 0.6) is 0 Å². The molecule has 2 unspecified atom stereocenters. The van der Waals surface area contributed by atoms with Gasteiger partial charge in [-0.05, 0) is 18.4 Å². The summed E-state index contributed by atoms with van der Waals surface area (Å²) in [6.07, 6.45) is 0. The third kappa shape index (κ3) is 3.32.